The summed E-state index contributed by atoms with van der Waals surface area (Å²) in [7, 11) is -3.80. The van der Waals surface area contributed by atoms with Crippen LogP contribution in [0.3, 0.4) is 0 Å². The van der Waals surface area contributed by atoms with Gasteiger partial charge >= 0.3 is 0 Å². The molecule has 1 unspecified atom stereocenters. The van der Waals surface area contributed by atoms with Crippen LogP contribution in [0.15, 0.2) is 47.4 Å². The molecular formula is C25H32N4O4S. The Morgan fingerprint density at radius 2 is 1.85 bits per heavy atom. The van der Waals surface area contributed by atoms with Gasteiger partial charge < -0.3 is 14.6 Å². The second-order valence-corrected chi connectivity index (χ2v) is 11.6. The smallest absolute Gasteiger partial charge is 0.261 e. The highest BCUT2D eigenvalue weighted by molar-refractivity contribution is 7.92. The minimum Gasteiger partial charge on any atom is -0.381 e. The van der Waals surface area contributed by atoms with Crippen molar-refractivity contribution in [2.24, 2.45) is 5.92 Å². The zero-order valence-corrected chi connectivity index (χ0v) is 20.9. The molecule has 8 nitrogen and oxygen atoms in total. The first-order valence-electron chi connectivity index (χ1n) is 11.5. The number of rotatable bonds is 6. The zero-order valence-electron chi connectivity index (χ0n) is 20.1. The molecule has 1 aliphatic heterocycles. The van der Waals surface area contributed by atoms with Crippen LogP contribution in [-0.4, -0.2) is 37.1 Å². The lowest BCUT2D eigenvalue weighted by Crippen LogP contribution is -2.26. The first kappa shape index (κ1) is 24.2. The van der Waals surface area contributed by atoms with E-state index in [1.165, 1.54) is 19.1 Å². The van der Waals surface area contributed by atoms with Crippen molar-refractivity contribution in [3.05, 3.63) is 48.3 Å². The quantitative estimate of drug-likeness (QED) is 0.536. The third kappa shape index (κ3) is 5.42. The predicted molar refractivity (Wildman–Crippen MR) is 134 cm³/mol. The molecule has 1 aliphatic rings. The number of sulfonamides is 1. The number of ether oxygens (including phenoxy) is 1. The summed E-state index contributed by atoms with van der Waals surface area (Å²) in [5.41, 5.74) is 2.56. The molecule has 3 aromatic rings. The summed E-state index contributed by atoms with van der Waals surface area (Å²) >= 11 is 0. The summed E-state index contributed by atoms with van der Waals surface area (Å²) in [6, 6.07) is 11.5. The number of nitrogens with one attached hydrogen (secondary N) is 2. The van der Waals surface area contributed by atoms with Crippen LogP contribution in [0, 0.1) is 5.92 Å². The highest BCUT2D eigenvalue weighted by Gasteiger charge is 2.26. The molecule has 4 rings (SSSR count). The minimum absolute atomic E-state index is 0.111. The van der Waals surface area contributed by atoms with E-state index in [2.05, 4.69) is 35.4 Å². The third-order valence-corrected chi connectivity index (χ3v) is 7.25. The van der Waals surface area contributed by atoms with Gasteiger partial charge in [0.15, 0.2) is 0 Å². The van der Waals surface area contributed by atoms with Crippen molar-refractivity contribution >= 4 is 38.3 Å². The van der Waals surface area contributed by atoms with Crippen molar-refractivity contribution in [2.75, 3.05) is 23.3 Å². The van der Waals surface area contributed by atoms with Crippen molar-refractivity contribution in [1.82, 2.24) is 9.55 Å². The van der Waals surface area contributed by atoms with Gasteiger partial charge in [0.1, 0.15) is 5.82 Å². The van der Waals surface area contributed by atoms with Crippen LogP contribution < -0.4 is 10.0 Å². The normalized spacial score (nSPS) is 17.0. The van der Waals surface area contributed by atoms with Gasteiger partial charge in [0.2, 0.25) is 5.91 Å². The fourth-order valence-electron chi connectivity index (χ4n) is 4.30. The molecule has 1 saturated heterocycles. The maximum atomic E-state index is 12.9. The van der Waals surface area contributed by atoms with Crippen molar-refractivity contribution in [1.29, 1.82) is 0 Å². The lowest BCUT2D eigenvalue weighted by molar-refractivity contribution is -0.114. The summed E-state index contributed by atoms with van der Waals surface area (Å²) < 4.78 is 36.4. The maximum absolute atomic E-state index is 12.9. The zero-order chi connectivity index (χ0) is 24.5. The Morgan fingerprint density at radius 1 is 1.15 bits per heavy atom. The van der Waals surface area contributed by atoms with Gasteiger partial charge in [-0.1, -0.05) is 20.8 Å². The van der Waals surface area contributed by atoms with Gasteiger partial charge in [-0.05, 0) is 55.3 Å². The lowest BCUT2D eigenvalue weighted by Gasteiger charge is -2.26. The summed E-state index contributed by atoms with van der Waals surface area (Å²) in [6.45, 7) is 10.2. The highest BCUT2D eigenvalue weighted by Crippen LogP contribution is 2.30. The van der Waals surface area contributed by atoms with E-state index >= 15 is 0 Å². The average molecular weight is 485 g/mol. The van der Waals surface area contributed by atoms with Crippen molar-refractivity contribution in [3.63, 3.8) is 0 Å². The fourth-order valence-corrected chi connectivity index (χ4v) is 5.34. The van der Waals surface area contributed by atoms with Gasteiger partial charge in [-0.3, -0.25) is 9.52 Å². The number of amides is 1. The Labute approximate surface area is 200 Å². The molecule has 2 heterocycles. The third-order valence-electron chi connectivity index (χ3n) is 5.85. The average Bonchev–Trinajstić information content (AvgIpc) is 3.12. The second-order valence-electron chi connectivity index (χ2n) is 9.89. The molecule has 0 radical (unpaired) electrons. The second kappa shape index (κ2) is 9.38. The SMILES string of the molecule is CC(=O)Nc1ccc(S(=O)(=O)Nc2ccc3c(c2)nc(C(C)(C)C)n3CC2CCCOC2)cc1. The molecule has 1 amide bonds. The summed E-state index contributed by atoms with van der Waals surface area (Å²) in [6.07, 6.45) is 2.20. The van der Waals surface area contributed by atoms with Gasteiger partial charge in [-0.2, -0.15) is 0 Å². The highest BCUT2D eigenvalue weighted by atomic mass is 32.2. The van der Waals surface area contributed by atoms with Crippen molar-refractivity contribution in [3.8, 4) is 0 Å². The van der Waals surface area contributed by atoms with E-state index in [9.17, 15) is 13.2 Å². The molecule has 1 fully saturated rings. The number of aromatic nitrogens is 2. The molecule has 182 valence electrons. The van der Waals surface area contributed by atoms with Gasteiger partial charge in [-0.15, -0.1) is 0 Å². The number of benzene rings is 2. The predicted octanol–water partition coefficient (Wildman–Crippen LogP) is 4.52. The van der Waals surface area contributed by atoms with Gasteiger partial charge in [0.25, 0.3) is 10.0 Å². The molecule has 34 heavy (non-hydrogen) atoms. The Morgan fingerprint density at radius 3 is 2.47 bits per heavy atom. The summed E-state index contributed by atoms with van der Waals surface area (Å²) in [5, 5.41) is 2.63. The number of carbonyl (C=O) groups is 1. The first-order valence-corrected chi connectivity index (χ1v) is 13.0. The Hall–Kier alpha value is -2.91. The molecule has 0 saturated carbocycles. The van der Waals surface area contributed by atoms with Crippen LogP contribution in [-0.2, 0) is 31.5 Å². The summed E-state index contributed by atoms with van der Waals surface area (Å²) in [5.74, 6) is 1.19. The van der Waals surface area contributed by atoms with Gasteiger partial charge in [0.05, 0.1) is 28.2 Å². The largest absolute Gasteiger partial charge is 0.381 e. The van der Waals surface area contributed by atoms with Crippen LogP contribution in [0.1, 0.15) is 46.4 Å². The standard InChI is InChI=1S/C25H32N4O4S/c1-17(30)26-19-7-10-21(11-8-19)34(31,32)28-20-9-12-23-22(14-20)27-24(25(2,3)4)29(23)15-18-6-5-13-33-16-18/h7-12,14,18,28H,5-6,13,15-16H2,1-4H3,(H,26,30). The van der Waals surface area contributed by atoms with Crippen LogP contribution >= 0.6 is 0 Å². The molecule has 2 N–H and O–H groups in total. The molecule has 9 heteroatoms. The first-order chi connectivity index (χ1) is 16.0. The number of hydrogen-bond donors (Lipinski definition) is 2. The van der Waals surface area contributed by atoms with Crippen LogP contribution in [0.4, 0.5) is 11.4 Å². The van der Waals surface area contributed by atoms with Gasteiger partial charge in [0, 0.05) is 37.1 Å². The number of anilines is 2. The number of hydrogen-bond acceptors (Lipinski definition) is 5. The monoisotopic (exact) mass is 484 g/mol. The Bertz CT molecular complexity index is 1280. The Kier molecular flexibility index (Phi) is 6.69. The molecule has 0 bridgehead atoms. The Balaban J connectivity index is 1.62. The number of nitrogens with zero attached hydrogens (tertiary/aromatic N) is 2. The van der Waals surface area contributed by atoms with E-state index in [0.717, 1.165) is 49.5 Å². The molecular weight excluding hydrogens is 452 g/mol. The number of fused-ring (bicyclic) bond motifs is 1. The molecule has 2 aromatic carbocycles. The molecule has 0 aliphatic carbocycles. The van der Waals surface area contributed by atoms with Crippen LogP contribution in [0.25, 0.3) is 11.0 Å². The van der Waals surface area contributed by atoms with Crippen molar-refractivity contribution in [2.45, 2.75) is 57.4 Å². The molecule has 1 aromatic heterocycles. The van der Waals surface area contributed by atoms with E-state index in [-0.39, 0.29) is 16.2 Å². The van der Waals surface area contributed by atoms with Crippen LogP contribution in [0.2, 0.25) is 0 Å². The van der Waals surface area contributed by atoms with Crippen molar-refractivity contribution < 1.29 is 17.9 Å². The fraction of sp³-hybridized carbons (Fsp3) is 0.440. The number of carbonyl (C=O) groups excluding carboxylic acids is 1. The lowest BCUT2D eigenvalue weighted by atomic mass is 9.95. The van der Waals surface area contributed by atoms with E-state index in [4.69, 9.17) is 9.72 Å². The molecule has 1 atom stereocenters. The summed E-state index contributed by atoms with van der Waals surface area (Å²) in [4.78, 5) is 16.2. The molecule has 0 spiro atoms. The minimum atomic E-state index is -3.80. The van der Waals surface area contributed by atoms with E-state index in [1.54, 1.807) is 24.3 Å². The topological polar surface area (TPSA) is 102 Å². The van der Waals surface area contributed by atoms with Gasteiger partial charge in [-0.25, -0.2) is 13.4 Å². The van der Waals surface area contributed by atoms with E-state index in [0.29, 0.717) is 17.3 Å². The maximum Gasteiger partial charge on any atom is 0.261 e. The van der Waals surface area contributed by atoms with E-state index in [1.807, 2.05) is 6.07 Å². The number of imidazole rings is 1. The van der Waals surface area contributed by atoms with Crippen LogP contribution in [0.5, 0.6) is 0 Å². The van der Waals surface area contributed by atoms with E-state index < -0.39 is 10.0 Å².